The van der Waals surface area contributed by atoms with Crippen molar-refractivity contribution in [2.24, 2.45) is 0 Å². The molecule has 0 amide bonds. The molecule has 4 nitrogen and oxygen atoms in total. The van der Waals surface area contributed by atoms with Gasteiger partial charge in [0, 0.05) is 25.4 Å². The Hall–Kier alpha value is -1.98. The van der Waals surface area contributed by atoms with Gasteiger partial charge >= 0.3 is 0 Å². The number of likely N-dealkylation sites (tertiary alicyclic amines) is 1. The zero-order valence-corrected chi connectivity index (χ0v) is 14.7. The van der Waals surface area contributed by atoms with Crippen molar-refractivity contribution >= 4 is 11.3 Å². The van der Waals surface area contributed by atoms with Gasteiger partial charge in [0.1, 0.15) is 11.6 Å². The van der Waals surface area contributed by atoms with Crippen LogP contribution in [0.15, 0.2) is 47.4 Å². The molecule has 0 aliphatic carbocycles. The van der Waals surface area contributed by atoms with Gasteiger partial charge in [0.2, 0.25) is 0 Å². The number of aryl methyl sites for hydroxylation is 1. The molecule has 4 heterocycles. The van der Waals surface area contributed by atoms with Crippen LogP contribution in [0.2, 0.25) is 0 Å². The number of pyridine rings is 1. The molecule has 1 aliphatic heterocycles. The minimum absolute atomic E-state index is 0.415. The van der Waals surface area contributed by atoms with Gasteiger partial charge in [-0.05, 0) is 53.9 Å². The second kappa shape index (κ2) is 6.87. The summed E-state index contributed by atoms with van der Waals surface area (Å²) >= 11 is 1.77. The van der Waals surface area contributed by atoms with Gasteiger partial charge in [-0.15, -0.1) is 0 Å². The molecule has 4 rings (SSSR count). The van der Waals surface area contributed by atoms with Gasteiger partial charge < -0.3 is 0 Å². The summed E-state index contributed by atoms with van der Waals surface area (Å²) in [6.45, 7) is 4.30. The van der Waals surface area contributed by atoms with E-state index in [4.69, 9.17) is 4.98 Å². The Bertz CT molecular complexity index is 793. The molecular weight excluding hydrogens is 316 g/mol. The lowest BCUT2D eigenvalue weighted by Crippen LogP contribution is -2.23. The Labute approximate surface area is 146 Å². The molecule has 3 aromatic rings. The Morgan fingerprint density at radius 2 is 2.25 bits per heavy atom. The van der Waals surface area contributed by atoms with Crippen LogP contribution >= 0.6 is 11.3 Å². The maximum atomic E-state index is 4.97. The summed E-state index contributed by atoms with van der Waals surface area (Å²) in [4.78, 5) is 11.9. The molecule has 1 aliphatic rings. The number of imidazole rings is 1. The Balaban J connectivity index is 1.60. The van der Waals surface area contributed by atoms with Crippen molar-refractivity contribution in [2.45, 2.75) is 38.8 Å². The smallest absolute Gasteiger partial charge is 0.138 e. The van der Waals surface area contributed by atoms with Crippen molar-refractivity contribution in [3.8, 4) is 5.82 Å². The highest BCUT2D eigenvalue weighted by Gasteiger charge is 2.27. The predicted molar refractivity (Wildman–Crippen MR) is 97.4 cm³/mol. The maximum absolute atomic E-state index is 4.97. The molecule has 1 atom stereocenters. The van der Waals surface area contributed by atoms with E-state index < -0.39 is 0 Å². The van der Waals surface area contributed by atoms with Gasteiger partial charge in [0.15, 0.2) is 0 Å². The van der Waals surface area contributed by atoms with E-state index in [0.717, 1.165) is 31.2 Å². The van der Waals surface area contributed by atoms with Crippen LogP contribution < -0.4 is 0 Å². The number of nitrogens with zero attached hydrogens (tertiary/aromatic N) is 4. The molecule has 0 bridgehead atoms. The van der Waals surface area contributed by atoms with Crippen LogP contribution in [0.3, 0.4) is 0 Å². The topological polar surface area (TPSA) is 34.0 Å². The summed E-state index contributed by atoms with van der Waals surface area (Å²) in [7, 11) is 0. The summed E-state index contributed by atoms with van der Waals surface area (Å²) < 4.78 is 2.10. The first kappa shape index (κ1) is 15.5. The monoisotopic (exact) mass is 338 g/mol. The predicted octanol–water partition coefficient (Wildman–Crippen LogP) is 4.23. The molecular formula is C19H22N4S. The first-order valence-corrected chi connectivity index (χ1v) is 9.54. The van der Waals surface area contributed by atoms with Gasteiger partial charge in [0.05, 0.1) is 11.7 Å². The van der Waals surface area contributed by atoms with E-state index in [1.54, 1.807) is 11.3 Å². The first-order chi connectivity index (χ1) is 11.8. The van der Waals surface area contributed by atoms with Crippen molar-refractivity contribution in [1.82, 2.24) is 19.4 Å². The number of hydrogen-bond donors (Lipinski definition) is 0. The fourth-order valence-electron chi connectivity index (χ4n) is 3.53. The van der Waals surface area contributed by atoms with Crippen LogP contribution in [-0.4, -0.2) is 26.0 Å². The highest BCUT2D eigenvalue weighted by molar-refractivity contribution is 7.07. The molecule has 5 heteroatoms. The Kier molecular flexibility index (Phi) is 4.45. The van der Waals surface area contributed by atoms with Crippen molar-refractivity contribution in [1.29, 1.82) is 0 Å². The highest BCUT2D eigenvalue weighted by atomic mass is 32.1. The first-order valence-electron chi connectivity index (χ1n) is 8.60. The molecule has 0 N–H and O–H groups in total. The summed E-state index contributed by atoms with van der Waals surface area (Å²) in [5.74, 6) is 2.03. The standard InChI is InChI=1S/C19H22N4S/c1-2-18-20-9-11-23(18)19-7-3-5-16(21-19)17-6-4-10-22(17)13-15-8-12-24-14-15/h3,5,7-9,11-12,14,17H,2,4,6,10,13H2,1H3/t17-/m1/s1. The summed E-state index contributed by atoms with van der Waals surface area (Å²) in [5.41, 5.74) is 2.59. The van der Waals surface area contributed by atoms with Crippen LogP contribution in [0.1, 0.15) is 42.9 Å². The lowest BCUT2D eigenvalue weighted by molar-refractivity contribution is 0.244. The zero-order chi connectivity index (χ0) is 16.4. The fourth-order valence-corrected chi connectivity index (χ4v) is 4.19. The van der Waals surface area contributed by atoms with Crippen molar-refractivity contribution in [2.75, 3.05) is 6.54 Å². The average molecular weight is 338 g/mol. The lowest BCUT2D eigenvalue weighted by atomic mass is 10.1. The van der Waals surface area contributed by atoms with E-state index in [2.05, 4.69) is 56.4 Å². The summed E-state index contributed by atoms with van der Waals surface area (Å²) in [5, 5.41) is 4.41. The minimum Gasteiger partial charge on any atom is -0.290 e. The Morgan fingerprint density at radius 1 is 1.29 bits per heavy atom. The second-order valence-corrected chi connectivity index (χ2v) is 7.03. The van der Waals surface area contributed by atoms with Crippen molar-refractivity contribution in [3.05, 3.63) is 64.5 Å². The number of thiophene rings is 1. The summed E-state index contributed by atoms with van der Waals surface area (Å²) in [6, 6.07) is 9.00. The molecule has 0 unspecified atom stereocenters. The molecule has 1 saturated heterocycles. The van der Waals surface area contributed by atoms with E-state index >= 15 is 0 Å². The molecule has 0 spiro atoms. The SMILES string of the molecule is CCc1nccn1-c1cccc([C@H]2CCCN2Cc2ccsc2)n1. The van der Waals surface area contributed by atoms with Crippen LogP contribution in [0.5, 0.6) is 0 Å². The van der Waals surface area contributed by atoms with E-state index in [1.807, 2.05) is 12.4 Å². The van der Waals surface area contributed by atoms with Gasteiger partial charge in [-0.1, -0.05) is 13.0 Å². The maximum Gasteiger partial charge on any atom is 0.138 e. The quantitative estimate of drug-likeness (QED) is 0.698. The highest BCUT2D eigenvalue weighted by Crippen LogP contribution is 2.32. The molecule has 0 saturated carbocycles. The van der Waals surface area contributed by atoms with E-state index in [0.29, 0.717) is 6.04 Å². The summed E-state index contributed by atoms with van der Waals surface area (Å²) in [6.07, 6.45) is 7.19. The van der Waals surface area contributed by atoms with Crippen LogP contribution in [0.25, 0.3) is 5.82 Å². The third-order valence-corrected chi connectivity index (χ3v) is 5.44. The number of rotatable bonds is 5. The van der Waals surface area contributed by atoms with Crippen LogP contribution in [-0.2, 0) is 13.0 Å². The third-order valence-electron chi connectivity index (χ3n) is 4.71. The Morgan fingerprint density at radius 3 is 3.08 bits per heavy atom. The number of aromatic nitrogens is 3. The fraction of sp³-hybridized carbons (Fsp3) is 0.368. The van der Waals surface area contributed by atoms with Gasteiger partial charge in [-0.3, -0.25) is 9.47 Å². The van der Waals surface area contributed by atoms with E-state index in [1.165, 1.54) is 24.1 Å². The van der Waals surface area contributed by atoms with E-state index in [9.17, 15) is 0 Å². The molecule has 0 aromatic carbocycles. The average Bonchev–Trinajstić information content (AvgIpc) is 3.37. The minimum atomic E-state index is 0.415. The van der Waals surface area contributed by atoms with Gasteiger partial charge in [0.25, 0.3) is 0 Å². The third kappa shape index (κ3) is 3.01. The largest absolute Gasteiger partial charge is 0.290 e. The molecule has 0 radical (unpaired) electrons. The second-order valence-electron chi connectivity index (χ2n) is 6.25. The molecule has 3 aromatic heterocycles. The zero-order valence-electron chi connectivity index (χ0n) is 13.9. The van der Waals surface area contributed by atoms with Crippen molar-refractivity contribution < 1.29 is 0 Å². The van der Waals surface area contributed by atoms with E-state index in [-0.39, 0.29) is 0 Å². The van der Waals surface area contributed by atoms with Gasteiger partial charge in [-0.25, -0.2) is 9.97 Å². The molecule has 124 valence electrons. The lowest BCUT2D eigenvalue weighted by Gasteiger charge is -2.24. The number of hydrogen-bond acceptors (Lipinski definition) is 4. The molecule has 24 heavy (non-hydrogen) atoms. The van der Waals surface area contributed by atoms with Crippen LogP contribution in [0.4, 0.5) is 0 Å². The molecule has 1 fully saturated rings. The normalized spacial score (nSPS) is 18.3. The van der Waals surface area contributed by atoms with Crippen molar-refractivity contribution in [3.63, 3.8) is 0 Å². The van der Waals surface area contributed by atoms with Crippen LogP contribution in [0, 0.1) is 0 Å². The van der Waals surface area contributed by atoms with Gasteiger partial charge in [-0.2, -0.15) is 11.3 Å².